The topological polar surface area (TPSA) is 84.9 Å². The Bertz CT molecular complexity index is 1040. The molecule has 6 heteroatoms. The molecule has 1 amide bonds. The van der Waals surface area contributed by atoms with Crippen LogP contribution >= 0.6 is 0 Å². The molecule has 1 atom stereocenters. The van der Waals surface area contributed by atoms with E-state index in [1.54, 1.807) is 0 Å². The van der Waals surface area contributed by atoms with Crippen LogP contribution in [-0.2, 0) is 20.7 Å². The van der Waals surface area contributed by atoms with Gasteiger partial charge in [0, 0.05) is 5.92 Å². The first-order valence-corrected chi connectivity index (χ1v) is 10.6. The molecule has 164 valence electrons. The molecule has 32 heavy (non-hydrogen) atoms. The largest absolute Gasteiger partial charge is 0.480 e. The Labute approximate surface area is 186 Å². The smallest absolute Gasteiger partial charge is 0.407 e. The summed E-state index contributed by atoms with van der Waals surface area (Å²) in [4.78, 5) is 23.4. The van der Waals surface area contributed by atoms with Gasteiger partial charge in [-0.05, 0) is 34.2 Å². The van der Waals surface area contributed by atoms with E-state index in [2.05, 4.69) is 29.6 Å². The van der Waals surface area contributed by atoms with Crippen LogP contribution in [0.25, 0.3) is 11.1 Å². The normalized spacial score (nSPS) is 13.1. The molecular weight excluding hydrogens is 406 g/mol. The second-order valence-corrected chi connectivity index (χ2v) is 7.77. The number of rotatable bonds is 9. The average Bonchev–Trinajstić information content (AvgIpc) is 3.12. The van der Waals surface area contributed by atoms with E-state index in [1.807, 2.05) is 54.6 Å². The zero-order valence-corrected chi connectivity index (χ0v) is 17.6. The minimum atomic E-state index is -1.05. The maximum Gasteiger partial charge on any atom is 0.407 e. The first-order valence-electron chi connectivity index (χ1n) is 10.6. The summed E-state index contributed by atoms with van der Waals surface area (Å²) in [6, 6.07) is 25.6. The average molecular weight is 431 g/mol. The first kappa shape index (κ1) is 21.6. The fourth-order valence-electron chi connectivity index (χ4n) is 4.15. The van der Waals surface area contributed by atoms with Gasteiger partial charge in [-0.3, -0.25) is 0 Å². The third-order valence-electron chi connectivity index (χ3n) is 5.54. The molecule has 6 nitrogen and oxygen atoms in total. The molecule has 0 saturated carbocycles. The van der Waals surface area contributed by atoms with E-state index in [0.29, 0.717) is 6.42 Å². The van der Waals surface area contributed by atoms with Crippen molar-refractivity contribution in [2.75, 3.05) is 19.8 Å². The first-order chi connectivity index (χ1) is 15.6. The van der Waals surface area contributed by atoms with Crippen LogP contribution in [0, 0.1) is 0 Å². The number of carbonyl (C=O) groups excluding carboxylic acids is 1. The quantitative estimate of drug-likeness (QED) is 0.529. The number of carboxylic acid groups (broad SMARTS) is 1. The number of carbonyl (C=O) groups is 2. The van der Waals surface area contributed by atoms with Crippen LogP contribution in [0.4, 0.5) is 4.79 Å². The zero-order valence-electron chi connectivity index (χ0n) is 17.6. The standard InChI is InChI=1S/C26H25NO5/c28-25(29)17-31-15-19(14-18-8-2-1-3-9-18)27-26(30)32-16-24-22-12-6-4-10-20(22)21-11-5-7-13-23(21)24/h1-13,19,24H,14-17H2,(H,27,30)(H,28,29)/t19-/m0/s1. The van der Waals surface area contributed by atoms with Crippen LogP contribution in [0.15, 0.2) is 78.9 Å². The number of aliphatic carboxylic acids is 1. The summed E-state index contributed by atoms with van der Waals surface area (Å²) < 4.78 is 10.8. The summed E-state index contributed by atoms with van der Waals surface area (Å²) in [5, 5.41) is 11.7. The van der Waals surface area contributed by atoms with Crippen LogP contribution in [-0.4, -0.2) is 43.0 Å². The monoisotopic (exact) mass is 431 g/mol. The van der Waals surface area contributed by atoms with Crippen LogP contribution in [0.1, 0.15) is 22.6 Å². The number of fused-ring (bicyclic) bond motifs is 3. The maximum absolute atomic E-state index is 12.6. The Morgan fingerprint density at radius 3 is 2.09 bits per heavy atom. The Balaban J connectivity index is 1.40. The zero-order chi connectivity index (χ0) is 22.3. The number of alkyl carbamates (subject to hydrolysis) is 1. The summed E-state index contributed by atoms with van der Waals surface area (Å²) in [6.45, 7) is -0.128. The molecule has 0 radical (unpaired) electrons. The SMILES string of the molecule is O=C(O)COC[C@H](Cc1ccccc1)NC(=O)OCC1c2ccccc2-c2ccccc21. The van der Waals surface area contributed by atoms with Gasteiger partial charge in [-0.15, -0.1) is 0 Å². The lowest BCUT2D eigenvalue weighted by atomic mass is 9.98. The minimum absolute atomic E-state index is 0.0241. The Morgan fingerprint density at radius 2 is 1.47 bits per heavy atom. The van der Waals surface area contributed by atoms with Crippen molar-refractivity contribution in [3.05, 3.63) is 95.6 Å². The molecule has 4 rings (SSSR count). The van der Waals surface area contributed by atoms with E-state index in [-0.39, 0.29) is 19.1 Å². The molecule has 3 aromatic rings. The van der Waals surface area contributed by atoms with E-state index in [9.17, 15) is 9.59 Å². The third kappa shape index (κ3) is 5.15. The molecule has 0 heterocycles. The summed E-state index contributed by atoms with van der Waals surface area (Å²) in [5.41, 5.74) is 5.64. The van der Waals surface area contributed by atoms with E-state index in [1.165, 1.54) is 11.1 Å². The van der Waals surface area contributed by atoms with Crippen molar-refractivity contribution in [2.24, 2.45) is 0 Å². The molecule has 2 N–H and O–H groups in total. The van der Waals surface area contributed by atoms with Gasteiger partial charge in [0.1, 0.15) is 13.2 Å². The number of hydrogen-bond acceptors (Lipinski definition) is 4. The van der Waals surface area contributed by atoms with Gasteiger partial charge in [0.2, 0.25) is 0 Å². The molecular formula is C26H25NO5. The summed E-state index contributed by atoms with van der Waals surface area (Å²) in [7, 11) is 0. The number of amides is 1. The molecule has 0 fully saturated rings. The Morgan fingerprint density at radius 1 is 0.875 bits per heavy atom. The van der Waals surface area contributed by atoms with E-state index in [0.717, 1.165) is 16.7 Å². The predicted molar refractivity (Wildman–Crippen MR) is 121 cm³/mol. The van der Waals surface area contributed by atoms with Crippen LogP contribution < -0.4 is 5.32 Å². The van der Waals surface area contributed by atoms with Crippen LogP contribution in [0.2, 0.25) is 0 Å². The van der Waals surface area contributed by atoms with Crippen LogP contribution in [0.3, 0.4) is 0 Å². The lowest BCUT2D eigenvalue weighted by molar-refractivity contribution is -0.142. The summed E-state index contributed by atoms with van der Waals surface area (Å²) >= 11 is 0. The van der Waals surface area contributed by atoms with Crippen molar-refractivity contribution in [3.63, 3.8) is 0 Å². The lowest BCUT2D eigenvalue weighted by Gasteiger charge is -2.20. The van der Waals surface area contributed by atoms with Gasteiger partial charge in [-0.25, -0.2) is 9.59 Å². The van der Waals surface area contributed by atoms with Crippen molar-refractivity contribution >= 4 is 12.1 Å². The summed E-state index contributed by atoms with van der Waals surface area (Å²) in [5.74, 6) is -1.08. The molecule has 3 aromatic carbocycles. The fraction of sp³-hybridized carbons (Fsp3) is 0.231. The van der Waals surface area contributed by atoms with Crippen molar-refractivity contribution in [3.8, 4) is 11.1 Å². The third-order valence-corrected chi connectivity index (χ3v) is 5.54. The number of carboxylic acids is 1. The highest BCUT2D eigenvalue weighted by atomic mass is 16.5. The number of ether oxygens (including phenoxy) is 2. The number of benzene rings is 3. The van der Waals surface area contributed by atoms with Crippen molar-refractivity contribution in [1.29, 1.82) is 0 Å². The molecule has 0 spiro atoms. The molecule has 1 aliphatic rings. The highest BCUT2D eigenvalue weighted by Gasteiger charge is 2.29. The maximum atomic E-state index is 12.6. The molecule has 0 saturated heterocycles. The van der Waals surface area contributed by atoms with Gasteiger partial charge in [-0.1, -0.05) is 78.9 Å². The van der Waals surface area contributed by atoms with Gasteiger partial charge in [0.15, 0.2) is 0 Å². The molecule has 0 aliphatic heterocycles. The lowest BCUT2D eigenvalue weighted by Crippen LogP contribution is -2.41. The van der Waals surface area contributed by atoms with Gasteiger partial charge in [0.05, 0.1) is 12.6 Å². The van der Waals surface area contributed by atoms with E-state index < -0.39 is 24.7 Å². The molecule has 0 aromatic heterocycles. The van der Waals surface area contributed by atoms with Gasteiger partial charge in [0.25, 0.3) is 0 Å². The summed E-state index contributed by atoms with van der Waals surface area (Å²) in [6.07, 6.45) is -0.0447. The number of hydrogen-bond donors (Lipinski definition) is 2. The fourth-order valence-corrected chi connectivity index (χ4v) is 4.15. The van der Waals surface area contributed by atoms with Gasteiger partial charge >= 0.3 is 12.1 Å². The van der Waals surface area contributed by atoms with Gasteiger partial charge < -0.3 is 19.9 Å². The van der Waals surface area contributed by atoms with Crippen molar-refractivity contribution in [2.45, 2.75) is 18.4 Å². The second-order valence-electron chi connectivity index (χ2n) is 7.77. The van der Waals surface area contributed by atoms with Crippen molar-refractivity contribution in [1.82, 2.24) is 5.32 Å². The second kappa shape index (κ2) is 10.1. The molecule has 0 unspecified atom stereocenters. The molecule has 0 bridgehead atoms. The highest BCUT2D eigenvalue weighted by Crippen LogP contribution is 2.44. The van der Waals surface area contributed by atoms with E-state index in [4.69, 9.17) is 14.6 Å². The Hall–Kier alpha value is -3.64. The van der Waals surface area contributed by atoms with Gasteiger partial charge in [-0.2, -0.15) is 0 Å². The number of nitrogens with one attached hydrogen (secondary N) is 1. The van der Waals surface area contributed by atoms with Crippen molar-refractivity contribution < 1.29 is 24.2 Å². The molecule has 1 aliphatic carbocycles. The van der Waals surface area contributed by atoms with Crippen LogP contribution in [0.5, 0.6) is 0 Å². The predicted octanol–water partition coefficient (Wildman–Crippen LogP) is 4.24. The minimum Gasteiger partial charge on any atom is -0.480 e. The highest BCUT2D eigenvalue weighted by molar-refractivity contribution is 5.79. The van der Waals surface area contributed by atoms with E-state index >= 15 is 0 Å². The Kier molecular flexibility index (Phi) is 6.82.